The van der Waals surface area contributed by atoms with Gasteiger partial charge in [-0.05, 0) is 24.8 Å². The minimum atomic E-state index is -0.0691. The van der Waals surface area contributed by atoms with Crippen molar-refractivity contribution in [2.24, 2.45) is 10.9 Å². The first kappa shape index (κ1) is 11.3. The van der Waals surface area contributed by atoms with E-state index in [0.717, 1.165) is 0 Å². The maximum absolute atomic E-state index is 8.54. The van der Waals surface area contributed by atoms with Gasteiger partial charge in [0.05, 0.1) is 0 Å². The molecule has 0 aliphatic heterocycles. The third-order valence-electron chi connectivity index (χ3n) is 1.76. The van der Waals surface area contributed by atoms with E-state index >= 15 is 0 Å². The molecule has 88 valence electrons. The zero-order valence-corrected chi connectivity index (χ0v) is 9.64. The number of oxime groups is 1. The third-order valence-corrected chi connectivity index (χ3v) is 2.51. The van der Waals surface area contributed by atoms with Crippen LogP contribution in [0.2, 0.25) is 0 Å². The monoisotopic (exact) mass is 251 g/mol. The molecule has 0 atom stereocenters. The van der Waals surface area contributed by atoms with Gasteiger partial charge in [0.25, 0.3) is 0 Å². The lowest BCUT2D eigenvalue weighted by Gasteiger charge is -1.99. The Morgan fingerprint density at radius 1 is 1.47 bits per heavy atom. The summed E-state index contributed by atoms with van der Waals surface area (Å²) in [4.78, 5) is 12.2. The van der Waals surface area contributed by atoms with Gasteiger partial charge in [-0.15, -0.1) is 5.10 Å². The van der Waals surface area contributed by atoms with Crippen molar-refractivity contribution in [1.29, 1.82) is 0 Å². The minimum absolute atomic E-state index is 0.0691. The van der Waals surface area contributed by atoms with Crippen LogP contribution >= 0.6 is 11.8 Å². The Balaban J connectivity index is 2.22. The average Bonchev–Trinajstić information content (AvgIpc) is 2.74. The Morgan fingerprint density at radius 3 is 2.94 bits per heavy atom. The van der Waals surface area contributed by atoms with Gasteiger partial charge < -0.3 is 10.9 Å². The number of H-pyrrole nitrogens is 1. The number of hydrogen-bond donors (Lipinski definition) is 3. The molecule has 0 spiro atoms. The Kier molecular flexibility index (Phi) is 3.19. The summed E-state index contributed by atoms with van der Waals surface area (Å²) in [6.07, 6.45) is 1.52. The fourth-order valence-corrected chi connectivity index (χ4v) is 1.73. The van der Waals surface area contributed by atoms with Crippen molar-refractivity contribution in [3.05, 3.63) is 23.8 Å². The number of aromatic nitrogens is 5. The molecule has 2 rings (SSSR count). The molecule has 17 heavy (non-hydrogen) atoms. The van der Waals surface area contributed by atoms with Gasteiger partial charge in [-0.2, -0.15) is 0 Å². The van der Waals surface area contributed by atoms with E-state index in [2.05, 4.69) is 30.3 Å². The van der Waals surface area contributed by atoms with Crippen molar-refractivity contribution in [3.63, 3.8) is 0 Å². The number of nitrogens with zero attached hydrogens (tertiary/aromatic N) is 5. The molecule has 0 fully saturated rings. The highest BCUT2D eigenvalue weighted by Gasteiger charge is 2.08. The van der Waals surface area contributed by atoms with Crippen LogP contribution in [0.4, 0.5) is 0 Å². The van der Waals surface area contributed by atoms with Crippen LogP contribution in [0.1, 0.15) is 11.5 Å². The van der Waals surface area contributed by atoms with Crippen LogP contribution in [-0.2, 0) is 0 Å². The van der Waals surface area contributed by atoms with Crippen LogP contribution in [0.25, 0.3) is 0 Å². The maximum atomic E-state index is 8.54. The highest BCUT2D eigenvalue weighted by Crippen LogP contribution is 2.19. The first-order valence-electron chi connectivity index (χ1n) is 4.57. The molecule has 2 aromatic rings. The molecule has 0 aliphatic rings. The van der Waals surface area contributed by atoms with Gasteiger partial charge in [-0.3, -0.25) is 5.10 Å². The number of hydrogen-bond acceptors (Lipinski definition) is 7. The van der Waals surface area contributed by atoms with E-state index in [-0.39, 0.29) is 5.84 Å². The summed E-state index contributed by atoms with van der Waals surface area (Å²) in [5.74, 6) is 0.639. The van der Waals surface area contributed by atoms with E-state index in [4.69, 9.17) is 10.9 Å². The second-order valence-electron chi connectivity index (χ2n) is 3.02. The molecule has 9 heteroatoms. The third kappa shape index (κ3) is 2.69. The number of nitrogens with one attached hydrogen (secondary N) is 1. The molecule has 0 unspecified atom stereocenters. The molecule has 8 nitrogen and oxygen atoms in total. The highest BCUT2D eigenvalue weighted by molar-refractivity contribution is 7.99. The molecule has 0 aromatic carbocycles. The quantitative estimate of drug-likeness (QED) is 0.233. The van der Waals surface area contributed by atoms with Crippen molar-refractivity contribution < 1.29 is 5.21 Å². The van der Waals surface area contributed by atoms with E-state index in [9.17, 15) is 0 Å². The number of aromatic amines is 1. The molecular formula is C8H9N7OS. The normalized spacial score (nSPS) is 11.7. The standard InChI is InChI=1S/C8H9N7OS/c1-4-11-8(14-13-4)17-7-10-3-2-5(12-7)6(9)15-16/h2-3,16H,1H3,(H2,9,15)(H,11,13,14). The molecule has 2 aromatic heterocycles. The second-order valence-corrected chi connectivity index (χ2v) is 3.95. The topological polar surface area (TPSA) is 126 Å². The Bertz CT molecular complexity index is 552. The summed E-state index contributed by atoms with van der Waals surface area (Å²) in [5, 5.41) is 19.0. The predicted molar refractivity (Wildman–Crippen MR) is 59.8 cm³/mol. The molecule has 0 amide bonds. The average molecular weight is 251 g/mol. The van der Waals surface area contributed by atoms with Gasteiger partial charge in [0, 0.05) is 6.20 Å². The SMILES string of the molecule is Cc1nc(Sc2nccc(/C(N)=N/O)n2)n[nH]1. The van der Waals surface area contributed by atoms with Crippen LogP contribution in [0.15, 0.2) is 27.7 Å². The van der Waals surface area contributed by atoms with Crippen LogP contribution < -0.4 is 5.73 Å². The van der Waals surface area contributed by atoms with Crippen molar-refractivity contribution in [2.75, 3.05) is 0 Å². The van der Waals surface area contributed by atoms with E-state index in [1.54, 1.807) is 13.0 Å². The zero-order chi connectivity index (χ0) is 12.3. The first-order chi connectivity index (χ1) is 8.19. The van der Waals surface area contributed by atoms with E-state index < -0.39 is 0 Å². The van der Waals surface area contributed by atoms with E-state index in [1.807, 2.05) is 0 Å². The van der Waals surface area contributed by atoms with Crippen LogP contribution in [0.5, 0.6) is 0 Å². The fraction of sp³-hybridized carbons (Fsp3) is 0.125. The summed E-state index contributed by atoms with van der Waals surface area (Å²) in [6, 6.07) is 1.54. The molecule has 0 aliphatic carbocycles. The lowest BCUT2D eigenvalue weighted by atomic mass is 10.4. The van der Waals surface area contributed by atoms with E-state index in [0.29, 0.717) is 21.8 Å². The number of rotatable bonds is 3. The maximum Gasteiger partial charge on any atom is 0.216 e. The lowest BCUT2D eigenvalue weighted by Crippen LogP contribution is -2.15. The van der Waals surface area contributed by atoms with E-state index in [1.165, 1.54) is 18.0 Å². The number of amidine groups is 1. The minimum Gasteiger partial charge on any atom is -0.409 e. The van der Waals surface area contributed by atoms with Crippen molar-refractivity contribution in [3.8, 4) is 0 Å². The van der Waals surface area contributed by atoms with Gasteiger partial charge in [0.15, 0.2) is 11.0 Å². The molecule has 2 heterocycles. The zero-order valence-electron chi connectivity index (χ0n) is 8.82. The predicted octanol–water partition coefficient (Wildman–Crippen LogP) is 0.149. The highest BCUT2D eigenvalue weighted by atomic mass is 32.2. The molecular weight excluding hydrogens is 242 g/mol. The van der Waals surface area contributed by atoms with Crippen molar-refractivity contribution in [1.82, 2.24) is 25.1 Å². The Labute approximate surface area is 100 Å². The lowest BCUT2D eigenvalue weighted by molar-refractivity contribution is 0.318. The summed E-state index contributed by atoms with van der Waals surface area (Å²) in [6.45, 7) is 1.80. The largest absolute Gasteiger partial charge is 0.409 e. The fourth-order valence-electron chi connectivity index (χ4n) is 1.03. The van der Waals surface area contributed by atoms with Crippen molar-refractivity contribution >= 4 is 17.6 Å². The van der Waals surface area contributed by atoms with Crippen molar-refractivity contribution in [2.45, 2.75) is 17.2 Å². The summed E-state index contributed by atoms with van der Waals surface area (Å²) < 4.78 is 0. The number of aryl methyl sites for hydroxylation is 1. The molecule has 0 bridgehead atoms. The van der Waals surface area contributed by atoms with Gasteiger partial charge in [0.2, 0.25) is 5.16 Å². The summed E-state index contributed by atoms with van der Waals surface area (Å²) >= 11 is 1.18. The van der Waals surface area contributed by atoms with Crippen LogP contribution in [-0.4, -0.2) is 36.2 Å². The number of nitrogens with two attached hydrogens (primary N) is 1. The summed E-state index contributed by atoms with van der Waals surface area (Å²) in [7, 11) is 0. The van der Waals surface area contributed by atoms with Gasteiger partial charge in [-0.1, -0.05) is 5.16 Å². The van der Waals surface area contributed by atoms with Gasteiger partial charge in [0.1, 0.15) is 11.5 Å². The van der Waals surface area contributed by atoms with Crippen LogP contribution in [0.3, 0.4) is 0 Å². The Hall–Kier alpha value is -2.16. The van der Waals surface area contributed by atoms with Gasteiger partial charge in [-0.25, -0.2) is 15.0 Å². The molecule has 0 saturated carbocycles. The first-order valence-corrected chi connectivity index (χ1v) is 5.38. The second kappa shape index (κ2) is 4.78. The smallest absolute Gasteiger partial charge is 0.216 e. The molecule has 4 N–H and O–H groups in total. The summed E-state index contributed by atoms with van der Waals surface area (Å²) in [5.41, 5.74) is 5.77. The Morgan fingerprint density at radius 2 is 2.29 bits per heavy atom. The van der Waals surface area contributed by atoms with Gasteiger partial charge >= 0.3 is 0 Å². The molecule has 0 saturated heterocycles. The molecule has 0 radical (unpaired) electrons. The van der Waals surface area contributed by atoms with Crippen LogP contribution in [0, 0.1) is 6.92 Å².